The Morgan fingerprint density at radius 3 is 2.25 bits per heavy atom. The molecule has 28 heavy (non-hydrogen) atoms. The lowest BCUT2D eigenvalue weighted by Gasteiger charge is -2.20. The molecule has 1 unspecified atom stereocenters. The van der Waals surface area contributed by atoms with E-state index in [1.165, 1.54) is 30.3 Å². The highest BCUT2D eigenvalue weighted by molar-refractivity contribution is 7.91. The molecule has 0 spiro atoms. The zero-order valence-corrected chi connectivity index (χ0v) is 15.9. The van der Waals surface area contributed by atoms with Crippen LogP contribution in [0.15, 0.2) is 82.6 Å². The minimum absolute atomic E-state index is 0.0253. The maximum atomic E-state index is 13.0. The van der Waals surface area contributed by atoms with Crippen LogP contribution >= 0.6 is 0 Å². The van der Waals surface area contributed by atoms with E-state index in [1.807, 2.05) is 37.3 Å². The molecule has 3 aromatic carbocycles. The number of rotatable bonds is 3. The molecular weight excluding hydrogens is 374 g/mol. The van der Waals surface area contributed by atoms with Gasteiger partial charge in [0.2, 0.25) is 9.84 Å². The summed E-state index contributed by atoms with van der Waals surface area (Å²) in [6.07, 6.45) is 0. The molecule has 1 heterocycles. The summed E-state index contributed by atoms with van der Waals surface area (Å²) in [5.41, 5.74) is 1.37. The fourth-order valence-corrected chi connectivity index (χ4v) is 5.01. The zero-order valence-electron chi connectivity index (χ0n) is 15.0. The van der Waals surface area contributed by atoms with Gasteiger partial charge in [-0.1, -0.05) is 42.5 Å². The minimum atomic E-state index is -3.87. The number of sulfone groups is 1. The molecule has 0 saturated carbocycles. The first kappa shape index (κ1) is 18.1. The molecule has 0 bridgehead atoms. The van der Waals surface area contributed by atoms with Crippen molar-refractivity contribution in [3.8, 4) is 0 Å². The highest BCUT2D eigenvalue weighted by atomic mass is 32.2. The van der Waals surface area contributed by atoms with Gasteiger partial charge < -0.3 is 5.32 Å². The number of benzene rings is 3. The van der Waals surface area contributed by atoms with E-state index in [2.05, 4.69) is 5.32 Å². The predicted octanol–water partition coefficient (Wildman–Crippen LogP) is 3.55. The fraction of sp³-hybridized carbons (Fsp3) is 0.0909. The first-order valence-electron chi connectivity index (χ1n) is 8.78. The minimum Gasteiger partial charge on any atom is -0.346 e. The maximum absolute atomic E-state index is 13.0. The van der Waals surface area contributed by atoms with Gasteiger partial charge in [0.1, 0.15) is 0 Å². The quantitative estimate of drug-likeness (QED) is 0.579. The largest absolute Gasteiger partial charge is 0.346 e. The lowest BCUT2D eigenvalue weighted by molar-refractivity contribution is 0.0938. The van der Waals surface area contributed by atoms with Crippen LogP contribution in [0, 0.1) is 0 Å². The van der Waals surface area contributed by atoms with Gasteiger partial charge in [-0.25, -0.2) is 8.42 Å². The van der Waals surface area contributed by atoms with E-state index in [0.29, 0.717) is 0 Å². The molecular formula is C22H17NO4S. The molecule has 0 saturated heterocycles. The first-order valence-corrected chi connectivity index (χ1v) is 10.3. The molecule has 140 valence electrons. The van der Waals surface area contributed by atoms with Crippen molar-refractivity contribution in [2.24, 2.45) is 0 Å². The molecule has 0 radical (unpaired) electrons. The molecule has 6 heteroatoms. The Labute approximate surface area is 162 Å². The molecule has 0 aromatic heterocycles. The van der Waals surface area contributed by atoms with Gasteiger partial charge in [-0.3, -0.25) is 9.59 Å². The van der Waals surface area contributed by atoms with Gasteiger partial charge in [0.15, 0.2) is 5.78 Å². The summed E-state index contributed by atoms with van der Waals surface area (Å²) >= 11 is 0. The standard InChI is InChI=1S/C22H17NO4S/c1-14(15-7-3-2-4-8-15)23-22(25)16-11-12-18-20(13-16)28(26,27)19-10-6-5-9-17(19)21(18)24/h2-14H,1H3,(H,23,25). The van der Waals surface area contributed by atoms with Crippen molar-refractivity contribution in [1.82, 2.24) is 5.32 Å². The Morgan fingerprint density at radius 2 is 1.50 bits per heavy atom. The SMILES string of the molecule is CC(NC(=O)c1ccc2c(c1)S(=O)(=O)c1ccccc1C2=O)c1ccccc1. The lowest BCUT2D eigenvalue weighted by atomic mass is 10.0. The summed E-state index contributed by atoms with van der Waals surface area (Å²) in [5, 5.41) is 2.86. The number of hydrogen-bond acceptors (Lipinski definition) is 4. The molecule has 1 aliphatic rings. The predicted molar refractivity (Wildman–Crippen MR) is 104 cm³/mol. The third-order valence-corrected chi connectivity index (χ3v) is 6.70. The molecule has 1 amide bonds. The molecule has 3 aromatic rings. The number of hydrogen-bond donors (Lipinski definition) is 1. The molecule has 1 atom stereocenters. The Balaban J connectivity index is 1.70. The fourth-order valence-electron chi connectivity index (χ4n) is 3.33. The summed E-state index contributed by atoms with van der Waals surface area (Å²) in [6.45, 7) is 1.85. The summed E-state index contributed by atoms with van der Waals surface area (Å²) in [6, 6.07) is 19.5. The van der Waals surface area contributed by atoms with E-state index < -0.39 is 15.7 Å². The molecule has 5 nitrogen and oxygen atoms in total. The van der Waals surface area contributed by atoms with Crippen molar-refractivity contribution in [2.45, 2.75) is 22.8 Å². The van der Waals surface area contributed by atoms with Gasteiger partial charge in [0.25, 0.3) is 5.91 Å². The highest BCUT2D eigenvalue weighted by Crippen LogP contribution is 2.34. The number of fused-ring (bicyclic) bond motifs is 2. The zero-order chi connectivity index (χ0) is 19.9. The van der Waals surface area contributed by atoms with E-state index in [1.54, 1.807) is 12.1 Å². The van der Waals surface area contributed by atoms with E-state index >= 15 is 0 Å². The third-order valence-electron chi connectivity index (χ3n) is 4.85. The van der Waals surface area contributed by atoms with E-state index in [4.69, 9.17) is 0 Å². The van der Waals surface area contributed by atoms with Crippen molar-refractivity contribution < 1.29 is 18.0 Å². The van der Waals surface area contributed by atoms with Crippen LogP contribution in [0.1, 0.15) is 44.8 Å². The number of ketones is 1. The Bertz CT molecular complexity index is 1200. The van der Waals surface area contributed by atoms with Crippen molar-refractivity contribution in [1.29, 1.82) is 0 Å². The van der Waals surface area contributed by atoms with Gasteiger partial charge in [-0.2, -0.15) is 0 Å². The molecule has 1 aliphatic heterocycles. The number of carbonyl (C=O) groups excluding carboxylic acids is 2. The second-order valence-electron chi connectivity index (χ2n) is 6.65. The van der Waals surface area contributed by atoms with Gasteiger partial charge in [0, 0.05) is 16.7 Å². The average molecular weight is 391 g/mol. The van der Waals surface area contributed by atoms with Crippen molar-refractivity contribution >= 4 is 21.5 Å². The Hall–Kier alpha value is -3.25. The van der Waals surface area contributed by atoms with Gasteiger partial charge in [0.05, 0.1) is 15.8 Å². The van der Waals surface area contributed by atoms with E-state index in [9.17, 15) is 18.0 Å². The summed E-state index contributed by atoms with van der Waals surface area (Å²) in [7, 11) is -3.87. The van der Waals surface area contributed by atoms with Crippen molar-refractivity contribution in [3.05, 3.63) is 95.1 Å². The molecule has 0 fully saturated rings. The lowest BCUT2D eigenvalue weighted by Crippen LogP contribution is -2.27. The maximum Gasteiger partial charge on any atom is 0.251 e. The number of amides is 1. The van der Waals surface area contributed by atoms with Crippen LogP contribution in [0.25, 0.3) is 0 Å². The highest BCUT2D eigenvalue weighted by Gasteiger charge is 2.35. The summed E-state index contributed by atoms with van der Waals surface area (Å²) in [5.74, 6) is -0.759. The van der Waals surface area contributed by atoms with Gasteiger partial charge >= 0.3 is 0 Å². The van der Waals surface area contributed by atoms with Crippen molar-refractivity contribution in [2.75, 3.05) is 0 Å². The van der Waals surface area contributed by atoms with Crippen molar-refractivity contribution in [3.63, 3.8) is 0 Å². The van der Waals surface area contributed by atoms with Crippen LogP contribution in [0.3, 0.4) is 0 Å². The first-order chi connectivity index (χ1) is 13.4. The van der Waals surface area contributed by atoms with Crippen LogP contribution in [0.5, 0.6) is 0 Å². The third kappa shape index (κ3) is 2.92. The van der Waals surface area contributed by atoms with Crippen LogP contribution in [0.2, 0.25) is 0 Å². The van der Waals surface area contributed by atoms with E-state index in [0.717, 1.165) is 5.56 Å². The summed E-state index contributed by atoms with van der Waals surface area (Å²) in [4.78, 5) is 25.2. The summed E-state index contributed by atoms with van der Waals surface area (Å²) < 4.78 is 26.0. The second-order valence-corrected chi connectivity index (χ2v) is 8.53. The topological polar surface area (TPSA) is 80.3 Å². The van der Waals surface area contributed by atoms with Crippen LogP contribution in [-0.4, -0.2) is 20.1 Å². The van der Waals surface area contributed by atoms with Gasteiger partial charge in [-0.15, -0.1) is 0 Å². The van der Waals surface area contributed by atoms with E-state index in [-0.39, 0.29) is 38.3 Å². The average Bonchev–Trinajstić information content (AvgIpc) is 2.72. The normalized spacial score (nSPS) is 15.2. The van der Waals surface area contributed by atoms with Crippen LogP contribution in [0.4, 0.5) is 0 Å². The smallest absolute Gasteiger partial charge is 0.251 e. The van der Waals surface area contributed by atoms with Crippen LogP contribution < -0.4 is 5.32 Å². The number of carbonyl (C=O) groups is 2. The molecule has 1 N–H and O–H groups in total. The van der Waals surface area contributed by atoms with Gasteiger partial charge in [-0.05, 0) is 42.8 Å². The monoisotopic (exact) mass is 391 g/mol. The second kappa shape index (κ2) is 6.73. The Morgan fingerprint density at radius 1 is 0.857 bits per heavy atom. The number of nitrogens with one attached hydrogen (secondary N) is 1. The molecule has 4 rings (SSSR count). The molecule has 0 aliphatic carbocycles. The Kier molecular flexibility index (Phi) is 4.35. The van der Waals surface area contributed by atoms with Crippen LogP contribution in [-0.2, 0) is 9.84 Å².